The predicted octanol–water partition coefficient (Wildman–Crippen LogP) is 4.60. The van der Waals surface area contributed by atoms with Gasteiger partial charge in [-0.25, -0.2) is 13.4 Å². The molecule has 5 nitrogen and oxygen atoms in total. The van der Waals surface area contributed by atoms with Gasteiger partial charge in [-0.2, -0.15) is 0 Å². The summed E-state index contributed by atoms with van der Waals surface area (Å²) >= 11 is 0. The predicted molar refractivity (Wildman–Crippen MR) is 101 cm³/mol. The molecule has 0 aliphatic rings. The molecule has 6 heteroatoms. The lowest BCUT2D eigenvalue weighted by atomic mass is 10.2. The van der Waals surface area contributed by atoms with Crippen molar-refractivity contribution in [1.29, 1.82) is 0 Å². The van der Waals surface area contributed by atoms with Crippen molar-refractivity contribution in [3.63, 3.8) is 0 Å². The number of para-hydroxylation sites is 2. The Balaban J connectivity index is 1.59. The van der Waals surface area contributed by atoms with E-state index in [0.29, 0.717) is 17.2 Å². The number of benzene rings is 3. The first-order chi connectivity index (χ1) is 12.5. The molecule has 26 heavy (non-hydrogen) atoms. The fraction of sp³-hybridized carbons (Fsp3) is 0.0500. The molecule has 3 aromatic carbocycles. The molecule has 1 heterocycles. The highest BCUT2D eigenvalue weighted by atomic mass is 32.2. The summed E-state index contributed by atoms with van der Waals surface area (Å²) in [4.78, 5) is 4.68. The van der Waals surface area contributed by atoms with E-state index in [1.165, 1.54) is 0 Å². The number of nitrogens with one attached hydrogen (secondary N) is 1. The molecule has 0 unspecified atom stereocenters. The van der Waals surface area contributed by atoms with Gasteiger partial charge in [-0.15, -0.1) is 0 Å². The van der Waals surface area contributed by atoms with Crippen molar-refractivity contribution in [3.8, 4) is 11.5 Å². The Bertz CT molecular complexity index is 1150. The van der Waals surface area contributed by atoms with E-state index in [1.807, 2.05) is 37.3 Å². The van der Waals surface area contributed by atoms with Crippen LogP contribution in [0.3, 0.4) is 0 Å². The molecule has 0 saturated heterocycles. The van der Waals surface area contributed by atoms with Crippen molar-refractivity contribution < 1.29 is 12.8 Å². The first-order valence-electron chi connectivity index (χ1n) is 8.07. The van der Waals surface area contributed by atoms with Gasteiger partial charge in [0.25, 0.3) is 10.0 Å². The molecule has 0 atom stereocenters. The fourth-order valence-electron chi connectivity index (χ4n) is 2.67. The van der Waals surface area contributed by atoms with E-state index in [2.05, 4.69) is 9.71 Å². The molecular formula is C20H16N2O3S. The highest BCUT2D eigenvalue weighted by molar-refractivity contribution is 7.92. The van der Waals surface area contributed by atoms with E-state index in [9.17, 15) is 8.42 Å². The van der Waals surface area contributed by atoms with Gasteiger partial charge in [0, 0.05) is 11.3 Å². The summed E-state index contributed by atoms with van der Waals surface area (Å²) in [7, 11) is -3.62. The lowest BCUT2D eigenvalue weighted by molar-refractivity contribution is 0.601. The third-order valence-electron chi connectivity index (χ3n) is 3.98. The molecule has 0 saturated carbocycles. The average molecular weight is 364 g/mol. The molecule has 4 aromatic rings. The average Bonchev–Trinajstić information content (AvgIpc) is 3.06. The van der Waals surface area contributed by atoms with Crippen molar-refractivity contribution in [3.05, 3.63) is 78.4 Å². The van der Waals surface area contributed by atoms with E-state index in [1.54, 1.807) is 42.5 Å². The third kappa shape index (κ3) is 3.19. The van der Waals surface area contributed by atoms with Gasteiger partial charge < -0.3 is 4.42 Å². The number of aryl methyl sites for hydroxylation is 1. The van der Waals surface area contributed by atoms with Crippen LogP contribution in [0.15, 0.2) is 82.1 Å². The van der Waals surface area contributed by atoms with Crippen molar-refractivity contribution in [1.82, 2.24) is 4.98 Å². The summed E-state index contributed by atoms with van der Waals surface area (Å²) in [6.07, 6.45) is 0. The summed E-state index contributed by atoms with van der Waals surface area (Å²) < 4.78 is 33.3. The van der Waals surface area contributed by atoms with Crippen LogP contribution in [0.4, 0.5) is 5.69 Å². The zero-order valence-electron chi connectivity index (χ0n) is 14.0. The molecule has 0 radical (unpaired) electrons. The number of aromatic nitrogens is 1. The van der Waals surface area contributed by atoms with Crippen LogP contribution in [-0.2, 0) is 10.0 Å². The van der Waals surface area contributed by atoms with E-state index >= 15 is 0 Å². The van der Waals surface area contributed by atoms with Gasteiger partial charge in [0.1, 0.15) is 5.52 Å². The van der Waals surface area contributed by atoms with Crippen molar-refractivity contribution in [2.75, 3.05) is 4.72 Å². The summed E-state index contributed by atoms with van der Waals surface area (Å²) in [6.45, 7) is 1.86. The van der Waals surface area contributed by atoms with E-state index in [0.717, 1.165) is 16.6 Å². The lowest BCUT2D eigenvalue weighted by Gasteiger charge is -2.09. The normalized spacial score (nSPS) is 11.6. The molecular weight excluding hydrogens is 348 g/mol. The molecule has 1 N–H and O–H groups in total. The van der Waals surface area contributed by atoms with E-state index < -0.39 is 10.0 Å². The summed E-state index contributed by atoms with van der Waals surface area (Å²) in [5.74, 6) is 0.499. The number of hydrogen-bond donors (Lipinski definition) is 1. The highest BCUT2D eigenvalue weighted by Gasteiger charge is 2.14. The van der Waals surface area contributed by atoms with Gasteiger partial charge in [0.15, 0.2) is 5.58 Å². The SMILES string of the molecule is Cc1cccc(S(=O)(=O)Nc2ccc(-c3nc4ccccc4o3)cc2)c1. The van der Waals surface area contributed by atoms with Gasteiger partial charge in [0.05, 0.1) is 4.90 Å². The maximum absolute atomic E-state index is 12.5. The Morgan fingerprint density at radius 3 is 2.42 bits per heavy atom. The van der Waals surface area contributed by atoms with Gasteiger partial charge in [-0.05, 0) is 61.0 Å². The number of sulfonamides is 1. The smallest absolute Gasteiger partial charge is 0.261 e. The maximum Gasteiger partial charge on any atom is 0.261 e. The van der Waals surface area contributed by atoms with Crippen molar-refractivity contribution in [2.24, 2.45) is 0 Å². The Hall–Kier alpha value is -3.12. The number of fused-ring (bicyclic) bond motifs is 1. The molecule has 0 bridgehead atoms. The molecule has 0 fully saturated rings. The number of hydrogen-bond acceptors (Lipinski definition) is 4. The molecule has 4 rings (SSSR count). The van der Waals surface area contributed by atoms with Crippen LogP contribution in [0.5, 0.6) is 0 Å². The fourth-order valence-corrected chi connectivity index (χ4v) is 3.84. The highest BCUT2D eigenvalue weighted by Crippen LogP contribution is 2.26. The molecule has 130 valence electrons. The quantitative estimate of drug-likeness (QED) is 0.574. The molecule has 0 aliphatic carbocycles. The Labute approximate surface area is 151 Å². The number of nitrogens with zero attached hydrogens (tertiary/aromatic N) is 1. The minimum atomic E-state index is -3.62. The second-order valence-electron chi connectivity index (χ2n) is 5.99. The van der Waals surface area contributed by atoms with Crippen molar-refractivity contribution >= 4 is 26.8 Å². The minimum Gasteiger partial charge on any atom is -0.436 e. The van der Waals surface area contributed by atoms with Gasteiger partial charge in [0.2, 0.25) is 5.89 Å². The van der Waals surface area contributed by atoms with Crippen molar-refractivity contribution in [2.45, 2.75) is 11.8 Å². The monoisotopic (exact) mass is 364 g/mol. The number of anilines is 1. The van der Waals surface area contributed by atoms with Crippen LogP contribution >= 0.6 is 0 Å². The molecule has 0 spiro atoms. The number of oxazole rings is 1. The Morgan fingerprint density at radius 1 is 0.923 bits per heavy atom. The maximum atomic E-state index is 12.5. The van der Waals surface area contributed by atoms with Gasteiger partial charge in [-0.1, -0.05) is 24.3 Å². The molecule has 0 amide bonds. The third-order valence-corrected chi connectivity index (χ3v) is 5.36. The summed E-state index contributed by atoms with van der Waals surface area (Å²) in [5.41, 5.74) is 3.64. The van der Waals surface area contributed by atoms with E-state index in [4.69, 9.17) is 4.42 Å². The summed E-state index contributed by atoms with van der Waals surface area (Å²) in [6, 6.07) is 21.2. The van der Waals surface area contributed by atoms with Crippen LogP contribution in [0.2, 0.25) is 0 Å². The van der Waals surface area contributed by atoms with Crippen LogP contribution in [0, 0.1) is 6.92 Å². The molecule has 1 aromatic heterocycles. The first kappa shape index (κ1) is 16.4. The lowest BCUT2D eigenvalue weighted by Crippen LogP contribution is -2.12. The largest absolute Gasteiger partial charge is 0.436 e. The van der Waals surface area contributed by atoms with Gasteiger partial charge in [-0.3, -0.25) is 4.72 Å². The van der Waals surface area contributed by atoms with Crippen LogP contribution in [-0.4, -0.2) is 13.4 Å². The second kappa shape index (κ2) is 6.31. The van der Waals surface area contributed by atoms with Crippen LogP contribution in [0.1, 0.15) is 5.56 Å². The van der Waals surface area contributed by atoms with E-state index in [-0.39, 0.29) is 4.90 Å². The minimum absolute atomic E-state index is 0.237. The zero-order valence-corrected chi connectivity index (χ0v) is 14.8. The summed E-state index contributed by atoms with van der Waals surface area (Å²) in [5, 5.41) is 0. The van der Waals surface area contributed by atoms with Gasteiger partial charge >= 0.3 is 0 Å². The Kier molecular flexibility index (Phi) is 3.97. The topological polar surface area (TPSA) is 72.2 Å². The molecule has 0 aliphatic heterocycles. The standard InChI is InChI=1S/C20H16N2O3S/c1-14-5-4-6-17(13-14)26(23,24)22-16-11-9-15(10-12-16)20-21-18-7-2-3-8-19(18)25-20/h2-13,22H,1H3. The first-order valence-corrected chi connectivity index (χ1v) is 9.55. The Morgan fingerprint density at radius 2 is 1.69 bits per heavy atom. The van der Waals surface area contributed by atoms with Crippen LogP contribution < -0.4 is 4.72 Å². The second-order valence-corrected chi connectivity index (χ2v) is 7.67. The number of rotatable bonds is 4. The zero-order chi connectivity index (χ0) is 18.1. The van der Waals surface area contributed by atoms with Crippen LogP contribution in [0.25, 0.3) is 22.6 Å².